The molecule has 0 bridgehead atoms. The van der Waals surface area contributed by atoms with Gasteiger partial charge in [-0.05, 0) is 36.0 Å². The maximum Gasteiger partial charge on any atom is 0.252 e. The molecule has 1 spiro atoms. The molecule has 0 aromatic heterocycles. The van der Waals surface area contributed by atoms with Crippen LogP contribution in [0.15, 0.2) is 54.6 Å². The van der Waals surface area contributed by atoms with Gasteiger partial charge in [-0.1, -0.05) is 54.6 Å². The van der Waals surface area contributed by atoms with E-state index < -0.39 is 0 Å². The Morgan fingerprint density at radius 1 is 1.10 bits per heavy atom. The predicted molar refractivity (Wildman–Crippen MR) is 115 cm³/mol. The molecule has 3 atom stereocenters. The van der Waals surface area contributed by atoms with Crippen molar-refractivity contribution >= 4 is 11.8 Å². The third kappa shape index (κ3) is 3.52. The lowest BCUT2D eigenvalue weighted by Gasteiger charge is -2.34. The molecule has 156 valence electrons. The summed E-state index contributed by atoms with van der Waals surface area (Å²) in [5, 5.41) is 3.20. The highest BCUT2D eigenvalue weighted by atomic mass is 16.5. The first-order chi connectivity index (χ1) is 14.6. The molecule has 5 rings (SSSR count). The third-order valence-corrected chi connectivity index (χ3v) is 6.92. The van der Waals surface area contributed by atoms with Crippen molar-refractivity contribution in [3.05, 3.63) is 60.2 Å². The fraction of sp³-hybridized carbons (Fsp3) is 0.440. The van der Waals surface area contributed by atoms with Crippen LogP contribution in [0.3, 0.4) is 0 Å². The Kier molecular flexibility index (Phi) is 4.86. The summed E-state index contributed by atoms with van der Waals surface area (Å²) in [7, 11) is 0. The molecule has 30 heavy (non-hydrogen) atoms. The van der Waals surface area contributed by atoms with Crippen LogP contribution in [0.2, 0.25) is 0 Å². The number of ether oxygens (including phenoxy) is 1. The number of nitrogens with one attached hydrogen (secondary N) is 1. The summed E-state index contributed by atoms with van der Waals surface area (Å²) in [5.74, 6) is 0.0631. The lowest BCUT2D eigenvalue weighted by molar-refractivity contribution is -0.157. The smallest absolute Gasteiger partial charge is 0.252 e. The molecule has 3 aliphatic rings. The van der Waals surface area contributed by atoms with Crippen molar-refractivity contribution in [3.8, 4) is 11.1 Å². The molecule has 2 aliphatic heterocycles. The molecule has 1 saturated carbocycles. The summed E-state index contributed by atoms with van der Waals surface area (Å²) < 4.78 is 5.51. The first-order valence-corrected chi connectivity index (χ1v) is 10.9. The normalized spacial score (nSPS) is 26.3. The molecule has 5 nitrogen and oxygen atoms in total. The van der Waals surface area contributed by atoms with Gasteiger partial charge in [-0.3, -0.25) is 9.59 Å². The van der Waals surface area contributed by atoms with Crippen LogP contribution in [0.1, 0.15) is 31.7 Å². The molecule has 2 amide bonds. The Hall–Kier alpha value is -2.66. The highest BCUT2D eigenvalue weighted by Gasteiger charge is 2.61. The van der Waals surface area contributed by atoms with Gasteiger partial charge in [-0.25, -0.2) is 0 Å². The van der Waals surface area contributed by atoms with Crippen molar-refractivity contribution in [2.75, 3.05) is 13.2 Å². The highest BCUT2D eigenvalue weighted by Crippen LogP contribution is 2.55. The van der Waals surface area contributed by atoms with Crippen molar-refractivity contribution in [2.45, 2.75) is 50.8 Å². The number of carbonyl (C=O) groups excluding carboxylic acids is 2. The van der Waals surface area contributed by atoms with Gasteiger partial charge in [0.25, 0.3) is 5.91 Å². The number of amides is 2. The third-order valence-electron chi connectivity index (χ3n) is 6.92. The summed E-state index contributed by atoms with van der Waals surface area (Å²) in [4.78, 5) is 27.1. The van der Waals surface area contributed by atoms with E-state index in [2.05, 4.69) is 41.7 Å². The number of nitrogens with zero attached hydrogens (tertiary/aromatic N) is 1. The maximum absolute atomic E-state index is 13.2. The van der Waals surface area contributed by atoms with Crippen molar-refractivity contribution in [1.82, 2.24) is 10.2 Å². The van der Waals surface area contributed by atoms with Gasteiger partial charge >= 0.3 is 0 Å². The molecular weight excluding hydrogens is 376 g/mol. The Morgan fingerprint density at radius 3 is 2.47 bits per heavy atom. The molecule has 1 aliphatic carbocycles. The molecule has 2 aromatic rings. The molecule has 0 radical (unpaired) electrons. The summed E-state index contributed by atoms with van der Waals surface area (Å²) in [6, 6.07) is 18.8. The van der Waals surface area contributed by atoms with E-state index in [9.17, 15) is 9.59 Å². The first-order valence-electron chi connectivity index (χ1n) is 10.9. The van der Waals surface area contributed by atoms with Crippen LogP contribution >= 0.6 is 0 Å². The lowest BCUT2D eigenvalue weighted by Crippen LogP contribution is -2.52. The maximum atomic E-state index is 13.2. The molecule has 2 heterocycles. The van der Waals surface area contributed by atoms with Crippen LogP contribution in [0.4, 0.5) is 0 Å². The van der Waals surface area contributed by atoms with E-state index in [1.165, 1.54) is 16.7 Å². The quantitative estimate of drug-likeness (QED) is 0.833. The molecule has 5 heteroatoms. The summed E-state index contributed by atoms with van der Waals surface area (Å²) in [6.07, 6.45) is 3.34. The highest BCUT2D eigenvalue weighted by molar-refractivity contribution is 5.83. The summed E-state index contributed by atoms with van der Waals surface area (Å²) >= 11 is 0. The Bertz CT molecular complexity index is 950. The number of carbonyl (C=O) groups is 2. The topological polar surface area (TPSA) is 58.6 Å². The van der Waals surface area contributed by atoms with E-state index in [1.807, 2.05) is 23.1 Å². The van der Waals surface area contributed by atoms with Crippen molar-refractivity contribution < 1.29 is 14.3 Å². The van der Waals surface area contributed by atoms with Crippen LogP contribution in [0, 0.1) is 5.41 Å². The Morgan fingerprint density at radius 2 is 1.83 bits per heavy atom. The first kappa shape index (κ1) is 19.3. The zero-order valence-electron chi connectivity index (χ0n) is 17.3. The van der Waals surface area contributed by atoms with Gasteiger partial charge in [-0.15, -0.1) is 0 Å². The Labute approximate surface area is 177 Å². The van der Waals surface area contributed by atoms with E-state index in [4.69, 9.17) is 4.74 Å². The van der Waals surface area contributed by atoms with Gasteiger partial charge in [0.2, 0.25) is 5.91 Å². The van der Waals surface area contributed by atoms with Gasteiger partial charge in [0, 0.05) is 25.3 Å². The number of hydrogen-bond acceptors (Lipinski definition) is 3. The summed E-state index contributed by atoms with van der Waals surface area (Å²) in [5.41, 5.74) is 3.57. The van der Waals surface area contributed by atoms with Crippen LogP contribution in [-0.4, -0.2) is 48.1 Å². The molecule has 2 saturated heterocycles. The largest absolute Gasteiger partial charge is 0.368 e. The summed E-state index contributed by atoms with van der Waals surface area (Å²) in [6.45, 7) is 2.96. The van der Waals surface area contributed by atoms with Crippen molar-refractivity contribution in [3.63, 3.8) is 0 Å². The van der Waals surface area contributed by atoms with E-state index >= 15 is 0 Å². The van der Waals surface area contributed by atoms with Gasteiger partial charge in [0.15, 0.2) is 0 Å². The fourth-order valence-corrected chi connectivity index (χ4v) is 5.08. The number of rotatable bonds is 5. The second kappa shape index (κ2) is 7.55. The number of likely N-dealkylation sites (tertiary alicyclic amines) is 1. The fourth-order valence-electron chi connectivity index (χ4n) is 5.08. The van der Waals surface area contributed by atoms with Gasteiger partial charge < -0.3 is 15.0 Å². The Balaban J connectivity index is 1.44. The van der Waals surface area contributed by atoms with Crippen LogP contribution in [0.5, 0.6) is 0 Å². The van der Waals surface area contributed by atoms with Gasteiger partial charge in [0.05, 0.1) is 18.7 Å². The second-order valence-electron chi connectivity index (χ2n) is 8.99. The SMILES string of the molecule is CC(=O)N[C@@H]1[C@H](Cc2cccc(-c3ccccc3)c2)N(C(=O)[C@H]2CCO2)CC12CC2. The molecule has 1 N–H and O–H groups in total. The lowest BCUT2D eigenvalue weighted by atomic mass is 9.91. The molecule has 0 unspecified atom stereocenters. The van der Waals surface area contributed by atoms with Crippen LogP contribution in [-0.2, 0) is 20.7 Å². The van der Waals surface area contributed by atoms with Crippen LogP contribution in [0.25, 0.3) is 11.1 Å². The van der Waals surface area contributed by atoms with E-state index in [0.29, 0.717) is 6.61 Å². The van der Waals surface area contributed by atoms with Gasteiger partial charge in [-0.2, -0.15) is 0 Å². The molecule has 3 fully saturated rings. The minimum atomic E-state index is -0.310. The molecule has 2 aromatic carbocycles. The monoisotopic (exact) mass is 404 g/mol. The zero-order valence-corrected chi connectivity index (χ0v) is 17.3. The molecular formula is C25H28N2O3. The zero-order chi connectivity index (χ0) is 20.7. The van der Waals surface area contributed by atoms with E-state index in [-0.39, 0.29) is 35.4 Å². The number of benzene rings is 2. The average Bonchev–Trinajstić information content (AvgIpc) is 3.43. The predicted octanol–water partition coefficient (Wildman–Crippen LogP) is 3.18. The van der Waals surface area contributed by atoms with Crippen molar-refractivity contribution in [2.24, 2.45) is 5.41 Å². The minimum Gasteiger partial charge on any atom is -0.368 e. The van der Waals surface area contributed by atoms with Gasteiger partial charge in [0.1, 0.15) is 6.10 Å². The van der Waals surface area contributed by atoms with E-state index in [0.717, 1.165) is 32.2 Å². The van der Waals surface area contributed by atoms with E-state index in [1.54, 1.807) is 6.92 Å². The number of hydrogen-bond donors (Lipinski definition) is 1. The average molecular weight is 405 g/mol. The standard InChI is InChI=1S/C25H28N2O3/c1-17(28)26-23-21(27(16-25(23)11-12-25)24(29)22-10-13-30-22)15-18-6-5-9-20(14-18)19-7-3-2-4-8-19/h2-9,14,21-23H,10-13,15-16H2,1H3,(H,26,28)/t21-,22+,23+/m0/s1. The second-order valence-corrected chi connectivity index (χ2v) is 8.99. The van der Waals surface area contributed by atoms with Crippen LogP contribution < -0.4 is 5.32 Å². The minimum absolute atomic E-state index is 0.000548. The van der Waals surface area contributed by atoms with Crippen molar-refractivity contribution in [1.29, 1.82) is 0 Å².